The molecule has 0 aliphatic heterocycles. The number of carbonyl (C=O) groups excluding carboxylic acids is 1. The van der Waals surface area contributed by atoms with Gasteiger partial charge in [0.25, 0.3) is 0 Å². The lowest BCUT2D eigenvalue weighted by molar-refractivity contribution is -0.147. The standard InChI is InChI=1S/C13H16O6/c1-18-10-5-3-9(12(15)13(16)17)7-8(10)4-6-11(14)19-2/h3,5,7,12,15H,4,6H2,1-2H3,(H,16,17). The Morgan fingerprint density at radius 1 is 1.32 bits per heavy atom. The van der Waals surface area contributed by atoms with E-state index in [0.29, 0.717) is 17.7 Å². The normalized spacial score (nSPS) is 11.7. The number of aliphatic carboxylic acids is 1. The molecule has 6 heteroatoms. The molecule has 1 rings (SSSR count). The predicted octanol–water partition coefficient (Wildman–Crippen LogP) is 0.919. The summed E-state index contributed by atoms with van der Waals surface area (Å²) in [4.78, 5) is 21.8. The van der Waals surface area contributed by atoms with Gasteiger partial charge in [-0.2, -0.15) is 0 Å². The molecule has 0 aromatic heterocycles. The van der Waals surface area contributed by atoms with Crippen LogP contribution in [0.4, 0.5) is 0 Å². The van der Waals surface area contributed by atoms with Crippen molar-refractivity contribution in [2.45, 2.75) is 18.9 Å². The van der Waals surface area contributed by atoms with Crippen LogP contribution in [-0.4, -0.2) is 36.4 Å². The molecule has 1 unspecified atom stereocenters. The van der Waals surface area contributed by atoms with E-state index in [1.165, 1.54) is 26.4 Å². The summed E-state index contributed by atoms with van der Waals surface area (Å²) in [5, 5.41) is 18.2. The maximum Gasteiger partial charge on any atom is 0.337 e. The Hall–Kier alpha value is -2.08. The molecular weight excluding hydrogens is 252 g/mol. The van der Waals surface area contributed by atoms with Crippen LogP contribution in [0.2, 0.25) is 0 Å². The summed E-state index contributed by atoms with van der Waals surface area (Å²) in [6.07, 6.45) is -1.10. The number of methoxy groups -OCH3 is 2. The molecule has 0 saturated carbocycles. The molecule has 1 aromatic rings. The van der Waals surface area contributed by atoms with E-state index in [1.54, 1.807) is 6.07 Å². The SMILES string of the molecule is COC(=O)CCc1cc(C(O)C(=O)O)ccc1OC. The quantitative estimate of drug-likeness (QED) is 0.745. The zero-order valence-electron chi connectivity index (χ0n) is 10.8. The number of rotatable bonds is 6. The van der Waals surface area contributed by atoms with Gasteiger partial charge in [0, 0.05) is 6.42 Å². The lowest BCUT2D eigenvalue weighted by atomic mass is 10.0. The van der Waals surface area contributed by atoms with Crippen LogP contribution >= 0.6 is 0 Å². The molecule has 2 N–H and O–H groups in total. The number of aliphatic hydroxyl groups excluding tert-OH is 1. The summed E-state index contributed by atoms with van der Waals surface area (Å²) in [6, 6.07) is 4.55. The largest absolute Gasteiger partial charge is 0.496 e. The van der Waals surface area contributed by atoms with Gasteiger partial charge in [0.1, 0.15) is 5.75 Å². The van der Waals surface area contributed by atoms with Crippen molar-refractivity contribution in [1.29, 1.82) is 0 Å². The molecule has 0 aliphatic rings. The number of benzene rings is 1. The maximum atomic E-state index is 11.1. The van der Waals surface area contributed by atoms with E-state index in [2.05, 4.69) is 4.74 Å². The van der Waals surface area contributed by atoms with E-state index < -0.39 is 12.1 Å². The third-order valence-electron chi connectivity index (χ3n) is 2.68. The van der Waals surface area contributed by atoms with Crippen LogP contribution < -0.4 is 4.74 Å². The Kier molecular flexibility index (Phi) is 5.32. The van der Waals surface area contributed by atoms with E-state index in [0.717, 1.165) is 0 Å². The number of aryl methyl sites for hydroxylation is 1. The fourth-order valence-electron chi connectivity index (χ4n) is 1.65. The molecule has 0 aliphatic carbocycles. The molecule has 0 amide bonds. The summed E-state index contributed by atoms with van der Waals surface area (Å²) >= 11 is 0. The van der Waals surface area contributed by atoms with Crippen molar-refractivity contribution in [2.24, 2.45) is 0 Å². The molecule has 0 fully saturated rings. The van der Waals surface area contributed by atoms with Crippen molar-refractivity contribution in [1.82, 2.24) is 0 Å². The minimum Gasteiger partial charge on any atom is -0.496 e. The fraction of sp³-hybridized carbons (Fsp3) is 0.385. The zero-order valence-corrected chi connectivity index (χ0v) is 10.8. The lowest BCUT2D eigenvalue weighted by Gasteiger charge is -2.12. The average Bonchev–Trinajstić information content (AvgIpc) is 2.43. The summed E-state index contributed by atoms with van der Waals surface area (Å²) < 4.78 is 9.66. The second-order valence-corrected chi connectivity index (χ2v) is 3.89. The number of hydrogen-bond acceptors (Lipinski definition) is 5. The first kappa shape index (κ1) is 15.0. The third kappa shape index (κ3) is 3.96. The number of hydrogen-bond donors (Lipinski definition) is 2. The molecule has 1 atom stereocenters. The van der Waals surface area contributed by atoms with Gasteiger partial charge in [-0.1, -0.05) is 6.07 Å². The second kappa shape index (κ2) is 6.75. The summed E-state index contributed by atoms with van der Waals surface area (Å²) in [5.74, 6) is -1.17. The van der Waals surface area contributed by atoms with Crippen LogP contribution in [0.1, 0.15) is 23.7 Å². The van der Waals surface area contributed by atoms with Gasteiger partial charge in [0.2, 0.25) is 0 Å². The van der Waals surface area contributed by atoms with E-state index in [-0.39, 0.29) is 18.0 Å². The van der Waals surface area contributed by atoms with Crippen LogP contribution in [0.15, 0.2) is 18.2 Å². The maximum absolute atomic E-state index is 11.1. The number of carbonyl (C=O) groups is 2. The molecule has 6 nitrogen and oxygen atoms in total. The fourth-order valence-corrected chi connectivity index (χ4v) is 1.65. The van der Waals surface area contributed by atoms with Crippen LogP contribution in [0.25, 0.3) is 0 Å². The molecule has 0 heterocycles. The van der Waals surface area contributed by atoms with Gasteiger partial charge >= 0.3 is 11.9 Å². The topological polar surface area (TPSA) is 93.1 Å². The minimum atomic E-state index is -1.59. The van der Waals surface area contributed by atoms with Crippen molar-refractivity contribution < 1.29 is 29.3 Å². The molecular formula is C13H16O6. The first-order valence-electron chi connectivity index (χ1n) is 5.64. The number of aliphatic hydroxyl groups is 1. The molecule has 1 aromatic carbocycles. The summed E-state index contributed by atoms with van der Waals surface area (Å²) in [5.41, 5.74) is 0.888. The molecule has 0 spiro atoms. The van der Waals surface area contributed by atoms with Gasteiger partial charge < -0.3 is 19.7 Å². The number of carboxylic acids is 1. The molecule has 0 saturated heterocycles. The van der Waals surface area contributed by atoms with Gasteiger partial charge in [-0.25, -0.2) is 4.79 Å². The van der Waals surface area contributed by atoms with Crippen LogP contribution in [-0.2, 0) is 20.7 Å². The van der Waals surface area contributed by atoms with Crippen molar-refractivity contribution in [3.05, 3.63) is 29.3 Å². The Balaban J connectivity index is 2.96. The molecule has 0 radical (unpaired) electrons. The first-order chi connectivity index (χ1) is 8.99. The van der Waals surface area contributed by atoms with E-state index in [4.69, 9.17) is 9.84 Å². The molecule has 0 bridgehead atoms. The predicted molar refractivity (Wildman–Crippen MR) is 65.9 cm³/mol. The minimum absolute atomic E-state index is 0.152. The van der Waals surface area contributed by atoms with Crippen LogP contribution in [0, 0.1) is 0 Å². The van der Waals surface area contributed by atoms with Crippen LogP contribution in [0.3, 0.4) is 0 Å². The van der Waals surface area contributed by atoms with Crippen LogP contribution in [0.5, 0.6) is 5.75 Å². The van der Waals surface area contributed by atoms with Gasteiger partial charge in [-0.05, 0) is 29.7 Å². The van der Waals surface area contributed by atoms with Gasteiger partial charge in [-0.3, -0.25) is 4.79 Å². The highest BCUT2D eigenvalue weighted by Gasteiger charge is 2.18. The monoisotopic (exact) mass is 268 g/mol. The Labute approximate surface area is 110 Å². The first-order valence-corrected chi connectivity index (χ1v) is 5.64. The lowest BCUT2D eigenvalue weighted by Crippen LogP contribution is -2.11. The average molecular weight is 268 g/mol. The summed E-state index contributed by atoms with van der Waals surface area (Å²) in [6.45, 7) is 0. The van der Waals surface area contributed by atoms with E-state index in [9.17, 15) is 14.7 Å². The van der Waals surface area contributed by atoms with E-state index in [1.807, 2.05) is 0 Å². The number of esters is 1. The zero-order chi connectivity index (χ0) is 14.4. The highest BCUT2D eigenvalue weighted by Crippen LogP contribution is 2.25. The highest BCUT2D eigenvalue weighted by atomic mass is 16.5. The molecule has 104 valence electrons. The van der Waals surface area contributed by atoms with Crippen molar-refractivity contribution in [2.75, 3.05) is 14.2 Å². The second-order valence-electron chi connectivity index (χ2n) is 3.89. The van der Waals surface area contributed by atoms with E-state index >= 15 is 0 Å². The molecule has 19 heavy (non-hydrogen) atoms. The highest BCUT2D eigenvalue weighted by molar-refractivity contribution is 5.74. The Morgan fingerprint density at radius 3 is 2.53 bits per heavy atom. The van der Waals surface area contributed by atoms with Crippen molar-refractivity contribution in [3.8, 4) is 5.75 Å². The van der Waals surface area contributed by atoms with Gasteiger partial charge in [0.05, 0.1) is 14.2 Å². The van der Waals surface area contributed by atoms with Crippen molar-refractivity contribution in [3.63, 3.8) is 0 Å². The van der Waals surface area contributed by atoms with Gasteiger partial charge in [-0.15, -0.1) is 0 Å². The third-order valence-corrected chi connectivity index (χ3v) is 2.68. The summed E-state index contributed by atoms with van der Waals surface area (Å²) in [7, 11) is 2.77. The van der Waals surface area contributed by atoms with Crippen molar-refractivity contribution >= 4 is 11.9 Å². The number of carboxylic acid groups (broad SMARTS) is 1. The smallest absolute Gasteiger partial charge is 0.337 e. The number of ether oxygens (including phenoxy) is 2. The Bertz CT molecular complexity index is 468. The Morgan fingerprint density at radius 2 is 2.00 bits per heavy atom. The van der Waals surface area contributed by atoms with Gasteiger partial charge in [0.15, 0.2) is 6.10 Å².